The summed E-state index contributed by atoms with van der Waals surface area (Å²) in [6, 6.07) is 20.4. The summed E-state index contributed by atoms with van der Waals surface area (Å²) >= 11 is 0. The van der Waals surface area contributed by atoms with E-state index < -0.39 is 0 Å². The Kier molecular flexibility index (Phi) is 7.55. The summed E-state index contributed by atoms with van der Waals surface area (Å²) in [5.41, 5.74) is 6.87. The Morgan fingerprint density at radius 1 is 0.872 bits per heavy atom. The van der Waals surface area contributed by atoms with Crippen molar-refractivity contribution in [3.63, 3.8) is 0 Å². The van der Waals surface area contributed by atoms with Crippen molar-refractivity contribution in [2.75, 3.05) is 30.0 Å². The van der Waals surface area contributed by atoms with Gasteiger partial charge in [-0.2, -0.15) is 0 Å². The highest BCUT2D eigenvalue weighted by Gasteiger charge is 2.44. The van der Waals surface area contributed by atoms with Crippen LogP contribution in [0.25, 0.3) is 10.8 Å². The Morgan fingerprint density at radius 3 is 2.33 bits per heavy atom. The van der Waals surface area contributed by atoms with Gasteiger partial charge in [0.2, 0.25) is 0 Å². The van der Waals surface area contributed by atoms with Crippen LogP contribution >= 0.6 is 0 Å². The Bertz CT molecular complexity index is 1400. The molecule has 0 radical (unpaired) electrons. The van der Waals surface area contributed by atoms with Gasteiger partial charge in [0.15, 0.2) is 0 Å². The monoisotopic (exact) mass is 522 g/mol. The number of unbranched alkanes of at least 4 members (excludes halogenated alkanes) is 2. The average Bonchev–Trinajstić information content (AvgIpc) is 3.28. The lowest BCUT2D eigenvalue weighted by Gasteiger charge is -2.32. The number of hydrogen-bond acceptors (Lipinski definition) is 3. The zero-order valence-corrected chi connectivity index (χ0v) is 25.1. The first kappa shape index (κ1) is 27.4. The van der Waals surface area contributed by atoms with Crippen LogP contribution in [0.1, 0.15) is 78.4 Å². The van der Waals surface area contributed by atoms with E-state index in [4.69, 9.17) is 4.74 Å². The van der Waals surface area contributed by atoms with Crippen molar-refractivity contribution in [1.82, 2.24) is 0 Å². The summed E-state index contributed by atoms with van der Waals surface area (Å²) in [6.07, 6.45) is 11.9. The van der Waals surface area contributed by atoms with Gasteiger partial charge in [-0.3, -0.25) is 0 Å². The molecule has 1 atom stereocenters. The second-order valence-electron chi connectivity index (χ2n) is 12.3. The lowest BCUT2D eigenvalue weighted by atomic mass is 9.79. The van der Waals surface area contributed by atoms with Crippen molar-refractivity contribution in [2.45, 2.75) is 84.1 Å². The van der Waals surface area contributed by atoms with Crippen molar-refractivity contribution in [1.29, 1.82) is 0 Å². The van der Waals surface area contributed by atoms with Crippen LogP contribution in [0.5, 0.6) is 5.75 Å². The second kappa shape index (κ2) is 10.8. The van der Waals surface area contributed by atoms with Crippen molar-refractivity contribution >= 4 is 22.1 Å². The van der Waals surface area contributed by atoms with Gasteiger partial charge in [-0.05, 0) is 65.1 Å². The van der Waals surface area contributed by atoms with Crippen LogP contribution in [-0.2, 0) is 10.8 Å². The molecule has 2 heterocycles. The van der Waals surface area contributed by atoms with Crippen LogP contribution in [0.15, 0.2) is 78.5 Å². The third kappa shape index (κ3) is 4.64. The molecule has 0 spiro atoms. The van der Waals surface area contributed by atoms with Gasteiger partial charge in [-0.25, -0.2) is 0 Å². The quantitative estimate of drug-likeness (QED) is 0.279. The van der Waals surface area contributed by atoms with Crippen molar-refractivity contribution in [3.05, 3.63) is 89.6 Å². The molecule has 0 N–H and O–H groups in total. The lowest BCUT2D eigenvalue weighted by Crippen LogP contribution is -2.40. The summed E-state index contributed by atoms with van der Waals surface area (Å²) in [5, 5.41) is 2.70. The zero-order valence-electron chi connectivity index (χ0n) is 25.1. The minimum atomic E-state index is -0.0717. The van der Waals surface area contributed by atoms with Crippen LogP contribution in [0, 0.1) is 0 Å². The molecule has 3 aromatic rings. The SMILES string of the molecule is CCCCN1C(=CC=CC2N(CCCC)c3ccc(OC)cc3C2(C)C)C(C)(C)c2c1ccc1ccccc21. The fraction of sp³-hybridized carbons (Fsp3) is 0.444. The van der Waals surface area contributed by atoms with E-state index in [1.165, 1.54) is 64.7 Å². The summed E-state index contributed by atoms with van der Waals surface area (Å²) in [7, 11) is 1.76. The van der Waals surface area contributed by atoms with E-state index in [1.54, 1.807) is 7.11 Å². The number of methoxy groups -OCH3 is 1. The number of fused-ring (bicyclic) bond motifs is 4. The minimum absolute atomic E-state index is 0.0150. The molecule has 0 fully saturated rings. The van der Waals surface area contributed by atoms with E-state index in [9.17, 15) is 0 Å². The first-order valence-corrected chi connectivity index (χ1v) is 14.9. The maximum Gasteiger partial charge on any atom is 0.119 e. The standard InChI is InChI=1S/C36H46N2O/c1-8-10-23-37-30-22-20-27(39-7)25-29(30)35(3,4)32(37)17-14-18-33-36(5,6)34-28-16-13-12-15-26(28)19-21-31(34)38(33)24-11-9-2/h12-22,25,32H,8-11,23-24H2,1-7H3. The highest BCUT2D eigenvalue weighted by Crippen LogP contribution is 2.51. The van der Waals surface area contributed by atoms with Crippen molar-refractivity contribution in [3.8, 4) is 5.75 Å². The fourth-order valence-electron chi connectivity index (χ4n) is 6.88. The molecular weight excluding hydrogens is 476 g/mol. The van der Waals surface area contributed by atoms with Crippen molar-refractivity contribution in [2.24, 2.45) is 0 Å². The molecule has 0 saturated carbocycles. The normalized spacial score (nSPS) is 20.3. The Labute approximate surface area is 236 Å². The number of hydrogen-bond donors (Lipinski definition) is 0. The van der Waals surface area contributed by atoms with Gasteiger partial charge >= 0.3 is 0 Å². The molecule has 39 heavy (non-hydrogen) atoms. The maximum atomic E-state index is 5.61. The lowest BCUT2D eigenvalue weighted by molar-refractivity contribution is 0.412. The van der Waals surface area contributed by atoms with E-state index in [1.807, 2.05) is 0 Å². The molecule has 0 saturated heterocycles. The number of allylic oxidation sites excluding steroid dienone is 3. The van der Waals surface area contributed by atoms with E-state index in [-0.39, 0.29) is 10.8 Å². The number of nitrogens with zero attached hydrogens (tertiary/aromatic N) is 2. The third-order valence-corrected chi connectivity index (χ3v) is 9.07. The maximum absolute atomic E-state index is 5.61. The molecule has 3 nitrogen and oxygen atoms in total. The van der Waals surface area contributed by atoms with Gasteiger partial charge in [0.25, 0.3) is 0 Å². The Morgan fingerprint density at radius 2 is 1.59 bits per heavy atom. The summed E-state index contributed by atoms with van der Waals surface area (Å²) in [4.78, 5) is 5.20. The van der Waals surface area contributed by atoms with Crippen LogP contribution in [0.4, 0.5) is 11.4 Å². The van der Waals surface area contributed by atoms with Gasteiger partial charge in [0.05, 0.1) is 13.2 Å². The molecule has 0 bridgehead atoms. The first-order chi connectivity index (χ1) is 18.7. The Hall–Kier alpha value is -3.20. The molecule has 0 aromatic heterocycles. The predicted octanol–water partition coefficient (Wildman–Crippen LogP) is 9.15. The van der Waals surface area contributed by atoms with Gasteiger partial charge in [-0.1, -0.05) is 96.9 Å². The largest absolute Gasteiger partial charge is 0.497 e. The molecule has 0 aliphatic carbocycles. The molecule has 2 aliphatic heterocycles. The third-order valence-electron chi connectivity index (χ3n) is 9.07. The summed E-state index contributed by atoms with van der Waals surface area (Å²) < 4.78 is 5.61. The Balaban J connectivity index is 1.55. The summed E-state index contributed by atoms with van der Waals surface area (Å²) in [6.45, 7) is 16.2. The predicted molar refractivity (Wildman–Crippen MR) is 169 cm³/mol. The van der Waals surface area contributed by atoms with Gasteiger partial charge in [0, 0.05) is 41.0 Å². The molecule has 5 rings (SSSR count). The van der Waals surface area contributed by atoms with Gasteiger partial charge in [0.1, 0.15) is 5.75 Å². The van der Waals surface area contributed by atoms with E-state index in [2.05, 4.69) is 124 Å². The molecular formula is C36H46N2O. The molecule has 1 unspecified atom stereocenters. The second-order valence-corrected chi connectivity index (χ2v) is 12.3. The molecule has 3 heteroatoms. The number of anilines is 2. The van der Waals surface area contributed by atoms with E-state index in [0.29, 0.717) is 6.04 Å². The number of benzene rings is 3. The molecule has 2 aliphatic rings. The fourth-order valence-corrected chi connectivity index (χ4v) is 6.88. The van der Waals surface area contributed by atoms with Crippen LogP contribution in [-0.4, -0.2) is 26.2 Å². The highest BCUT2D eigenvalue weighted by atomic mass is 16.5. The van der Waals surface area contributed by atoms with Crippen LogP contribution in [0.3, 0.4) is 0 Å². The van der Waals surface area contributed by atoms with Crippen molar-refractivity contribution < 1.29 is 4.74 Å². The highest BCUT2D eigenvalue weighted by molar-refractivity contribution is 5.94. The van der Waals surface area contributed by atoms with E-state index >= 15 is 0 Å². The van der Waals surface area contributed by atoms with E-state index in [0.717, 1.165) is 18.8 Å². The minimum Gasteiger partial charge on any atom is -0.497 e. The topological polar surface area (TPSA) is 15.7 Å². The van der Waals surface area contributed by atoms with Gasteiger partial charge < -0.3 is 14.5 Å². The van der Waals surface area contributed by atoms with Gasteiger partial charge in [-0.15, -0.1) is 0 Å². The molecule has 3 aromatic carbocycles. The summed E-state index contributed by atoms with van der Waals surface area (Å²) in [5.74, 6) is 0.938. The molecule has 0 amide bonds. The zero-order chi connectivity index (χ0) is 27.8. The van der Waals surface area contributed by atoms with Crippen LogP contribution in [0.2, 0.25) is 0 Å². The van der Waals surface area contributed by atoms with Crippen LogP contribution < -0.4 is 14.5 Å². The number of rotatable bonds is 9. The number of ether oxygens (including phenoxy) is 1. The molecule has 206 valence electrons. The average molecular weight is 523 g/mol. The smallest absolute Gasteiger partial charge is 0.119 e. The first-order valence-electron chi connectivity index (χ1n) is 14.9.